The van der Waals surface area contributed by atoms with Crippen LogP contribution in [-0.2, 0) is 0 Å². The summed E-state index contributed by atoms with van der Waals surface area (Å²) in [7, 11) is 0. The second-order valence-electron chi connectivity index (χ2n) is 3.58. The molecule has 0 amide bonds. The third kappa shape index (κ3) is 2.96. The number of nitrogens with one attached hydrogen (secondary N) is 1. The summed E-state index contributed by atoms with van der Waals surface area (Å²) in [5.74, 6) is 1.57. The molecule has 12 heavy (non-hydrogen) atoms. The number of furan rings is 1. The molecule has 0 aliphatic carbocycles. The predicted octanol–water partition coefficient (Wildman–Crippen LogP) is 1.77. The van der Waals surface area contributed by atoms with Gasteiger partial charge in [-0.15, -0.1) is 0 Å². The molecule has 0 bridgehead atoms. The molecular formula is C9H15NO2. The number of hydrogen-bond donors (Lipinski definition) is 2. The summed E-state index contributed by atoms with van der Waals surface area (Å²) in [4.78, 5) is 0. The predicted molar refractivity (Wildman–Crippen MR) is 48.2 cm³/mol. The standard InChI is InChI=1S/C9H15NO2/c1-7-4-5-8(12-7)10-6-9(2,3)11/h4-5,10-11H,6H2,1-3H3. The van der Waals surface area contributed by atoms with E-state index in [1.165, 1.54) is 0 Å². The zero-order valence-electron chi connectivity index (χ0n) is 7.72. The van der Waals surface area contributed by atoms with E-state index in [-0.39, 0.29) is 0 Å². The Morgan fingerprint density at radius 3 is 2.58 bits per heavy atom. The van der Waals surface area contributed by atoms with Gasteiger partial charge in [0.05, 0.1) is 5.60 Å². The van der Waals surface area contributed by atoms with E-state index in [0.717, 1.165) is 5.76 Å². The first-order valence-corrected chi connectivity index (χ1v) is 4.00. The van der Waals surface area contributed by atoms with Crippen molar-refractivity contribution in [1.82, 2.24) is 0 Å². The Labute approximate surface area is 72.4 Å². The largest absolute Gasteiger partial charge is 0.446 e. The summed E-state index contributed by atoms with van der Waals surface area (Å²) < 4.78 is 5.26. The number of hydrogen-bond acceptors (Lipinski definition) is 3. The summed E-state index contributed by atoms with van der Waals surface area (Å²) in [6.07, 6.45) is 0. The van der Waals surface area contributed by atoms with Crippen molar-refractivity contribution in [2.24, 2.45) is 0 Å². The molecule has 68 valence electrons. The first kappa shape index (κ1) is 9.13. The quantitative estimate of drug-likeness (QED) is 0.724. The summed E-state index contributed by atoms with van der Waals surface area (Å²) in [5.41, 5.74) is -0.708. The van der Waals surface area contributed by atoms with Crippen LogP contribution in [0.2, 0.25) is 0 Å². The van der Waals surface area contributed by atoms with E-state index in [1.807, 2.05) is 19.1 Å². The Hall–Kier alpha value is -0.960. The van der Waals surface area contributed by atoms with E-state index < -0.39 is 5.60 Å². The van der Waals surface area contributed by atoms with Gasteiger partial charge in [0.1, 0.15) is 5.76 Å². The highest BCUT2D eigenvalue weighted by molar-refractivity contribution is 5.32. The zero-order chi connectivity index (χ0) is 9.19. The molecule has 1 aromatic heterocycles. The molecule has 1 heterocycles. The van der Waals surface area contributed by atoms with E-state index in [1.54, 1.807) is 13.8 Å². The highest BCUT2D eigenvalue weighted by Crippen LogP contribution is 2.13. The van der Waals surface area contributed by atoms with Gasteiger partial charge in [0, 0.05) is 12.6 Å². The summed E-state index contributed by atoms with van der Waals surface area (Å²) in [6, 6.07) is 3.73. The van der Waals surface area contributed by atoms with Gasteiger partial charge in [0.15, 0.2) is 5.88 Å². The molecule has 0 spiro atoms. The van der Waals surface area contributed by atoms with Gasteiger partial charge in [-0.05, 0) is 26.8 Å². The SMILES string of the molecule is Cc1ccc(NCC(C)(C)O)o1. The Morgan fingerprint density at radius 1 is 1.50 bits per heavy atom. The van der Waals surface area contributed by atoms with Crippen LogP contribution in [0, 0.1) is 6.92 Å². The van der Waals surface area contributed by atoms with Gasteiger partial charge in [0.2, 0.25) is 0 Å². The van der Waals surface area contributed by atoms with Crippen molar-refractivity contribution in [2.75, 3.05) is 11.9 Å². The molecule has 0 saturated heterocycles. The van der Waals surface area contributed by atoms with Crippen LogP contribution in [0.4, 0.5) is 5.88 Å². The molecule has 0 saturated carbocycles. The highest BCUT2D eigenvalue weighted by Gasteiger charge is 2.12. The van der Waals surface area contributed by atoms with Crippen molar-refractivity contribution in [1.29, 1.82) is 0 Å². The Kier molecular flexibility index (Phi) is 2.43. The van der Waals surface area contributed by atoms with Crippen molar-refractivity contribution < 1.29 is 9.52 Å². The zero-order valence-corrected chi connectivity index (χ0v) is 7.72. The van der Waals surface area contributed by atoms with Crippen LogP contribution in [0.25, 0.3) is 0 Å². The van der Waals surface area contributed by atoms with Gasteiger partial charge in [-0.1, -0.05) is 0 Å². The van der Waals surface area contributed by atoms with Crippen molar-refractivity contribution in [3.63, 3.8) is 0 Å². The van der Waals surface area contributed by atoms with Crippen LogP contribution in [0.1, 0.15) is 19.6 Å². The maximum Gasteiger partial charge on any atom is 0.193 e. The van der Waals surface area contributed by atoms with E-state index in [2.05, 4.69) is 5.32 Å². The molecule has 1 aromatic rings. The molecule has 2 N–H and O–H groups in total. The van der Waals surface area contributed by atoms with Crippen LogP contribution >= 0.6 is 0 Å². The second kappa shape index (κ2) is 3.19. The molecule has 0 aromatic carbocycles. The van der Waals surface area contributed by atoms with Crippen molar-refractivity contribution in [3.05, 3.63) is 17.9 Å². The van der Waals surface area contributed by atoms with Gasteiger partial charge >= 0.3 is 0 Å². The smallest absolute Gasteiger partial charge is 0.193 e. The van der Waals surface area contributed by atoms with Crippen molar-refractivity contribution >= 4 is 5.88 Å². The van der Waals surface area contributed by atoms with Crippen LogP contribution in [-0.4, -0.2) is 17.3 Å². The Bertz CT molecular complexity index is 247. The summed E-state index contributed by atoms with van der Waals surface area (Å²) in [6.45, 7) is 5.86. The molecule has 3 heteroatoms. The lowest BCUT2D eigenvalue weighted by molar-refractivity contribution is 0.0940. The fourth-order valence-electron chi connectivity index (χ4n) is 0.833. The fraction of sp³-hybridized carbons (Fsp3) is 0.556. The first-order chi connectivity index (χ1) is 5.47. The number of aryl methyl sites for hydroxylation is 1. The third-order valence-corrected chi connectivity index (χ3v) is 1.44. The molecule has 0 aliphatic heterocycles. The van der Waals surface area contributed by atoms with Crippen molar-refractivity contribution in [3.8, 4) is 0 Å². The summed E-state index contributed by atoms with van der Waals surface area (Å²) in [5, 5.41) is 12.4. The lowest BCUT2D eigenvalue weighted by Crippen LogP contribution is -2.29. The Morgan fingerprint density at radius 2 is 2.17 bits per heavy atom. The van der Waals surface area contributed by atoms with Gasteiger partial charge in [-0.2, -0.15) is 0 Å². The highest BCUT2D eigenvalue weighted by atomic mass is 16.4. The molecule has 0 atom stereocenters. The van der Waals surface area contributed by atoms with Gasteiger partial charge < -0.3 is 14.8 Å². The average molecular weight is 169 g/mol. The molecule has 3 nitrogen and oxygen atoms in total. The minimum atomic E-state index is -0.708. The minimum Gasteiger partial charge on any atom is -0.446 e. The van der Waals surface area contributed by atoms with E-state index >= 15 is 0 Å². The number of aliphatic hydroxyl groups is 1. The molecule has 1 rings (SSSR count). The molecule has 0 fully saturated rings. The van der Waals surface area contributed by atoms with E-state index in [0.29, 0.717) is 12.4 Å². The third-order valence-electron chi connectivity index (χ3n) is 1.44. The van der Waals surface area contributed by atoms with Crippen LogP contribution in [0.5, 0.6) is 0 Å². The van der Waals surface area contributed by atoms with Gasteiger partial charge in [-0.3, -0.25) is 0 Å². The Balaban J connectivity index is 2.44. The topological polar surface area (TPSA) is 45.4 Å². The monoisotopic (exact) mass is 169 g/mol. The van der Waals surface area contributed by atoms with E-state index in [9.17, 15) is 5.11 Å². The number of anilines is 1. The molecule has 0 unspecified atom stereocenters. The van der Waals surface area contributed by atoms with Crippen LogP contribution in [0.15, 0.2) is 16.5 Å². The molecule has 0 radical (unpaired) electrons. The number of rotatable bonds is 3. The van der Waals surface area contributed by atoms with Gasteiger partial charge in [-0.25, -0.2) is 0 Å². The maximum atomic E-state index is 9.38. The maximum absolute atomic E-state index is 9.38. The van der Waals surface area contributed by atoms with Crippen LogP contribution < -0.4 is 5.32 Å². The minimum absolute atomic E-state index is 0.486. The fourth-order valence-corrected chi connectivity index (χ4v) is 0.833. The van der Waals surface area contributed by atoms with E-state index in [4.69, 9.17) is 4.42 Å². The normalized spacial score (nSPS) is 11.7. The van der Waals surface area contributed by atoms with Crippen LogP contribution in [0.3, 0.4) is 0 Å². The average Bonchev–Trinajstić information content (AvgIpc) is 2.30. The lowest BCUT2D eigenvalue weighted by Gasteiger charge is -2.16. The molecule has 0 aliphatic rings. The summed E-state index contributed by atoms with van der Waals surface area (Å²) >= 11 is 0. The lowest BCUT2D eigenvalue weighted by atomic mass is 10.1. The molecular weight excluding hydrogens is 154 g/mol. The first-order valence-electron chi connectivity index (χ1n) is 4.00. The van der Waals surface area contributed by atoms with Gasteiger partial charge in [0.25, 0.3) is 0 Å². The second-order valence-corrected chi connectivity index (χ2v) is 3.58. The van der Waals surface area contributed by atoms with Crippen molar-refractivity contribution in [2.45, 2.75) is 26.4 Å².